The highest BCUT2D eigenvalue weighted by atomic mass is 19.1. The molecule has 0 radical (unpaired) electrons. The summed E-state index contributed by atoms with van der Waals surface area (Å²) in [7, 11) is 2.01. The van der Waals surface area contributed by atoms with Gasteiger partial charge >= 0.3 is 0 Å². The monoisotopic (exact) mass is 277 g/mol. The lowest BCUT2D eigenvalue weighted by Crippen LogP contribution is -2.21. The molecule has 0 aliphatic carbocycles. The molecule has 1 N–H and O–H groups in total. The number of aliphatic hydroxyl groups excluding tert-OH is 1. The normalized spacial score (nSPS) is 10.8. The van der Waals surface area contributed by atoms with Crippen molar-refractivity contribution < 1.29 is 9.50 Å². The lowest BCUT2D eigenvalue weighted by Gasteiger charge is -2.18. The summed E-state index contributed by atoms with van der Waals surface area (Å²) in [5, 5.41) is 8.65. The average Bonchev–Trinajstić information content (AvgIpc) is 2.40. The van der Waals surface area contributed by atoms with Crippen LogP contribution < -0.4 is 0 Å². The summed E-state index contributed by atoms with van der Waals surface area (Å²) in [4.78, 5) is 2.13. The van der Waals surface area contributed by atoms with Gasteiger partial charge in [0, 0.05) is 24.1 Å². The van der Waals surface area contributed by atoms with Gasteiger partial charge in [-0.3, -0.25) is 0 Å². The molecule has 0 atom stereocenters. The summed E-state index contributed by atoms with van der Waals surface area (Å²) in [5.74, 6) is 6.09. The van der Waals surface area contributed by atoms with E-state index in [0.717, 1.165) is 13.0 Å². The zero-order valence-electron chi connectivity index (χ0n) is 12.6. The Hall–Kier alpha value is -1.37. The van der Waals surface area contributed by atoms with Gasteiger partial charge in [-0.05, 0) is 38.1 Å². The summed E-state index contributed by atoms with van der Waals surface area (Å²) >= 11 is 0. The molecule has 1 aromatic carbocycles. The van der Waals surface area contributed by atoms with E-state index < -0.39 is 0 Å². The molecule has 0 fully saturated rings. The molecule has 1 aromatic rings. The summed E-state index contributed by atoms with van der Waals surface area (Å²) in [6, 6.07) is 5.10. The van der Waals surface area contributed by atoms with Gasteiger partial charge in [0.25, 0.3) is 0 Å². The Morgan fingerprint density at radius 1 is 1.35 bits per heavy atom. The highest BCUT2D eigenvalue weighted by Gasteiger charge is 2.07. The van der Waals surface area contributed by atoms with Crippen molar-refractivity contribution in [1.29, 1.82) is 0 Å². The van der Waals surface area contributed by atoms with E-state index >= 15 is 0 Å². The van der Waals surface area contributed by atoms with Crippen molar-refractivity contribution in [3.05, 3.63) is 35.1 Å². The Bertz CT molecular complexity index is 474. The zero-order valence-corrected chi connectivity index (χ0v) is 12.6. The minimum atomic E-state index is -0.211. The van der Waals surface area contributed by atoms with Gasteiger partial charge in [-0.25, -0.2) is 4.39 Å². The third-order valence-electron chi connectivity index (χ3n) is 3.05. The van der Waals surface area contributed by atoms with Crippen LogP contribution in [0.25, 0.3) is 0 Å². The van der Waals surface area contributed by atoms with Gasteiger partial charge in [0.15, 0.2) is 0 Å². The summed E-state index contributed by atoms with van der Waals surface area (Å²) < 4.78 is 14.0. The molecule has 0 saturated heterocycles. The first kappa shape index (κ1) is 16.7. The second-order valence-corrected chi connectivity index (χ2v) is 5.50. The molecular formula is C17H24FNO. The maximum Gasteiger partial charge on any atom is 0.128 e. The van der Waals surface area contributed by atoms with E-state index in [1.807, 2.05) is 13.1 Å². The summed E-state index contributed by atoms with van der Waals surface area (Å²) in [6.45, 7) is 5.99. The predicted octanol–water partition coefficient (Wildman–Crippen LogP) is 3.04. The van der Waals surface area contributed by atoms with Crippen LogP contribution >= 0.6 is 0 Å². The van der Waals surface area contributed by atoms with Gasteiger partial charge in [-0.1, -0.05) is 31.8 Å². The molecule has 110 valence electrons. The van der Waals surface area contributed by atoms with Crippen molar-refractivity contribution in [2.24, 2.45) is 5.92 Å². The van der Waals surface area contributed by atoms with E-state index in [4.69, 9.17) is 5.11 Å². The molecule has 3 heteroatoms. The molecule has 0 aliphatic heterocycles. The molecule has 0 amide bonds. The number of benzene rings is 1. The van der Waals surface area contributed by atoms with Crippen LogP contribution in [0.15, 0.2) is 18.2 Å². The standard InChI is InChI=1S/C17H24FNO/c1-14(2)9-10-19(3)13-16-8-7-15(12-17(16)18)6-4-5-11-20/h7-8,12,14,20H,5,9-11,13H2,1-3H3. The Morgan fingerprint density at radius 3 is 2.70 bits per heavy atom. The van der Waals surface area contributed by atoms with Crippen LogP contribution in [-0.2, 0) is 6.54 Å². The third-order valence-corrected chi connectivity index (χ3v) is 3.05. The van der Waals surface area contributed by atoms with Crippen LogP contribution in [-0.4, -0.2) is 30.2 Å². The predicted molar refractivity (Wildman–Crippen MR) is 80.8 cm³/mol. The Labute approximate surface area is 121 Å². The van der Waals surface area contributed by atoms with Crippen LogP contribution in [0, 0.1) is 23.6 Å². The van der Waals surface area contributed by atoms with Crippen molar-refractivity contribution >= 4 is 0 Å². The molecular weight excluding hydrogens is 253 g/mol. The van der Waals surface area contributed by atoms with Gasteiger partial charge in [-0.2, -0.15) is 0 Å². The Morgan fingerprint density at radius 2 is 2.10 bits per heavy atom. The van der Waals surface area contributed by atoms with E-state index in [-0.39, 0.29) is 12.4 Å². The molecule has 2 nitrogen and oxygen atoms in total. The van der Waals surface area contributed by atoms with Gasteiger partial charge in [0.1, 0.15) is 5.82 Å². The molecule has 0 aliphatic rings. The fourth-order valence-corrected chi connectivity index (χ4v) is 1.82. The maximum absolute atomic E-state index is 14.0. The minimum Gasteiger partial charge on any atom is -0.395 e. The van der Waals surface area contributed by atoms with Gasteiger partial charge in [0.2, 0.25) is 0 Å². The number of rotatable bonds is 6. The molecule has 1 rings (SSSR count). The van der Waals surface area contributed by atoms with Crippen LogP contribution in [0.2, 0.25) is 0 Å². The number of hydrogen-bond acceptors (Lipinski definition) is 2. The lowest BCUT2D eigenvalue weighted by molar-refractivity contribution is 0.299. The van der Waals surface area contributed by atoms with Gasteiger partial charge in [-0.15, -0.1) is 0 Å². The van der Waals surface area contributed by atoms with Crippen molar-refractivity contribution in [1.82, 2.24) is 4.90 Å². The lowest BCUT2D eigenvalue weighted by atomic mass is 10.1. The number of nitrogens with zero attached hydrogens (tertiary/aromatic N) is 1. The molecule has 0 heterocycles. The van der Waals surface area contributed by atoms with Crippen molar-refractivity contribution in [2.75, 3.05) is 20.2 Å². The Balaban J connectivity index is 2.62. The molecule has 0 bridgehead atoms. The second-order valence-electron chi connectivity index (χ2n) is 5.50. The van der Waals surface area contributed by atoms with Gasteiger partial charge in [0.05, 0.1) is 6.61 Å². The number of halogens is 1. The van der Waals surface area contributed by atoms with Crippen LogP contribution in [0.3, 0.4) is 0 Å². The van der Waals surface area contributed by atoms with Gasteiger partial charge < -0.3 is 10.0 Å². The molecule has 0 unspecified atom stereocenters. The van der Waals surface area contributed by atoms with E-state index in [1.165, 1.54) is 6.07 Å². The minimum absolute atomic E-state index is 0.0359. The smallest absolute Gasteiger partial charge is 0.128 e. The fraction of sp³-hybridized carbons (Fsp3) is 0.529. The van der Waals surface area contributed by atoms with E-state index in [9.17, 15) is 4.39 Å². The first-order valence-electron chi connectivity index (χ1n) is 7.09. The first-order valence-corrected chi connectivity index (χ1v) is 7.09. The quantitative estimate of drug-likeness (QED) is 0.808. The second kappa shape index (κ2) is 8.73. The van der Waals surface area contributed by atoms with Crippen LogP contribution in [0.5, 0.6) is 0 Å². The van der Waals surface area contributed by atoms with Crippen molar-refractivity contribution in [2.45, 2.75) is 33.2 Å². The topological polar surface area (TPSA) is 23.5 Å². The first-order chi connectivity index (χ1) is 9.52. The Kier molecular flexibility index (Phi) is 7.28. The summed E-state index contributed by atoms with van der Waals surface area (Å²) in [5.41, 5.74) is 1.36. The highest BCUT2D eigenvalue weighted by molar-refractivity contribution is 5.37. The van der Waals surface area contributed by atoms with Crippen LogP contribution in [0.1, 0.15) is 37.8 Å². The van der Waals surface area contributed by atoms with E-state index in [2.05, 4.69) is 30.6 Å². The van der Waals surface area contributed by atoms with E-state index in [1.54, 1.807) is 6.07 Å². The van der Waals surface area contributed by atoms with E-state index in [0.29, 0.717) is 30.0 Å². The summed E-state index contributed by atoms with van der Waals surface area (Å²) in [6.07, 6.45) is 1.53. The molecule has 20 heavy (non-hydrogen) atoms. The maximum atomic E-state index is 14.0. The van der Waals surface area contributed by atoms with Crippen LogP contribution in [0.4, 0.5) is 4.39 Å². The number of aliphatic hydroxyl groups is 1. The van der Waals surface area contributed by atoms with Crippen molar-refractivity contribution in [3.63, 3.8) is 0 Å². The molecule has 0 spiro atoms. The average molecular weight is 277 g/mol. The largest absolute Gasteiger partial charge is 0.395 e. The fourth-order valence-electron chi connectivity index (χ4n) is 1.82. The molecule has 0 aromatic heterocycles. The number of hydrogen-bond donors (Lipinski definition) is 1. The molecule has 0 saturated carbocycles. The third kappa shape index (κ3) is 6.18. The SMILES string of the molecule is CC(C)CCN(C)Cc1ccc(C#CCCO)cc1F. The highest BCUT2D eigenvalue weighted by Crippen LogP contribution is 2.13. The zero-order chi connectivity index (χ0) is 15.0. The van der Waals surface area contributed by atoms with Crippen molar-refractivity contribution in [3.8, 4) is 11.8 Å².